The van der Waals surface area contributed by atoms with Crippen LogP contribution in [-0.2, 0) is 14.6 Å². The standard InChI is InChI=1S/C28H31ClF3N3O5S/c29-20-7-6-15(26(36)35-18-12-21(30)25(32)22(31)13-18)9-24(20)41(39,40)19-10-16-3-1-4-17(11-19)28(16,38)14-34-27(37)23-5-2-8-33-23/h6-7,9,12-13,16-17,19,23,33,38H,1-5,8,10-11,14H2,(H,34,37)(H,35,36)/t16?,17?,19?,23-,28?/m0/s1. The average molecular weight is 614 g/mol. The third kappa shape index (κ3) is 5.84. The lowest BCUT2D eigenvalue weighted by Crippen LogP contribution is -2.61. The van der Waals surface area contributed by atoms with Gasteiger partial charge in [0.15, 0.2) is 27.3 Å². The first kappa shape index (κ1) is 29.8. The molecule has 1 saturated heterocycles. The highest BCUT2D eigenvalue weighted by atomic mass is 35.5. The number of hydrogen-bond donors (Lipinski definition) is 4. The van der Waals surface area contributed by atoms with Gasteiger partial charge in [0.1, 0.15) is 0 Å². The van der Waals surface area contributed by atoms with Gasteiger partial charge in [0.25, 0.3) is 5.91 Å². The molecule has 2 saturated carbocycles. The van der Waals surface area contributed by atoms with Crippen molar-refractivity contribution in [2.24, 2.45) is 11.8 Å². The molecule has 1 heterocycles. The molecule has 0 radical (unpaired) electrons. The zero-order valence-electron chi connectivity index (χ0n) is 22.1. The van der Waals surface area contributed by atoms with E-state index in [9.17, 15) is 36.3 Å². The normalized spacial score (nSPS) is 27.8. The number of carbonyl (C=O) groups is 2. The smallest absolute Gasteiger partial charge is 0.255 e. The number of carbonyl (C=O) groups excluding carboxylic acids is 2. The van der Waals surface area contributed by atoms with Crippen molar-refractivity contribution in [3.8, 4) is 0 Å². The highest BCUT2D eigenvalue weighted by Crippen LogP contribution is 2.50. The molecule has 8 nitrogen and oxygen atoms in total. The van der Waals surface area contributed by atoms with Gasteiger partial charge in [-0.05, 0) is 75.1 Å². The maximum absolute atomic E-state index is 13.8. The van der Waals surface area contributed by atoms with Gasteiger partial charge in [0.05, 0.1) is 26.8 Å². The molecule has 41 heavy (non-hydrogen) atoms. The average Bonchev–Trinajstić information content (AvgIpc) is 3.45. The van der Waals surface area contributed by atoms with E-state index in [1.165, 1.54) is 12.1 Å². The molecule has 2 aromatic rings. The Morgan fingerprint density at radius 1 is 1.02 bits per heavy atom. The Bertz CT molecular complexity index is 1430. The third-order valence-corrected chi connectivity index (χ3v) is 11.4. The van der Waals surface area contributed by atoms with Crippen molar-refractivity contribution in [1.82, 2.24) is 10.6 Å². The molecular weight excluding hydrogens is 583 g/mol. The van der Waals surface area contributed by atoms with Crippen LogP contribution >= 0.6 is 11.6 Å². The van der Waals surface area contributed by atoms with E-state index in [1.807, 2.05) is 0 Å². The van der Waals surface area contributed by atoms with Gasteiger partial charge in [-0.25, -0.2) is 21.6 Å². The van der Waals surface area contributed by atoms with Crippen molar-refractivity contribution in [2.45, 2.75) is 66.7 Å². The number of halogens is 4. The Kier molecular flexibility index (Phi) is 8.39. The number of benzene rings is 2. The maximum atomic E-state index is 13.8. The molecular formula is C28H31ClF3N3O5S. The van der Waals surface area contributed by atoms with Crippen LogP contribution in [0.2, 0.25) is 5.02 Å². The summed E-state index contributed by atoms with van der Waals surface area (Å²) in [5.74, 6) is -6.42. The van der Waals surface area contributed by atoms with Crippen molar-refractivity contribution in [3.63, 3.8) is 0 Å². The molecule has 2 amide bonds. The first-order valence-corrected chi connectivity index (χ1v) is 15.6. The van der Waals surface area contributed by atoms with E-state index in [0.29, 0.717) is 25.0 Å². The number of amides is 2. The van der Waals surface area contributed by atoms with Crippen molar-refractivity contribution in [3.05, 3.63) is 58.4 Å². The van der Waals surface area contributed by atoms with Gasteiger partial charge in [-0.2, -0.15) is 0 Å². The number of rotatable bonds is 7. The van der Waals surface area contributed by atoms with E-state index >= 15 is 0 Å². The number of aliphatic hydroxyl groups is 1. The molecule has 2 aliphatic carbocycles. The molecule has 0 aromatic heterocycles. The number of sulfone groups is 1. The highest BCUT2D eigenvalue weighted by molar-refractivity contribution is 7.92. The van der Waals surface area contributed by atoms with Crippen LogP contribution in [-0.4, -0.2) is 55.3 Å². The number of hydrogen-bond acceptors (Lipinski definition) is 6. The number of nitrogens with one attached hydrogen (secondary N) is 3. The van der Waals surface area contributed by atoms with Crippen LogP contribution in [0.4, 0.5) is 18.9 Å². The lowest BCUT2D eigenvalue weighted by Gasteiger charge is -2.51. The second kappa shape index (κ2) is 11.5. The van der Waals surface area contributed by atoms with E-state index in [-0.39, 0.29) is 64.3 Å². The number of fused-ring (bicyclic) bond motifs is 2. The first-order valence-electron chi connectivity index (χ1n) is 13.6. The zero-order valence-corrected chi connectivity index (χ0v) is 23.6. The summed E-state index contributed by atoms with van der Waals surface area (Å²) in [5, 5.41) is 18.9. The predicted molar refractivity (Wildman–Crippen MR) is 146 cm³/mol. The Morgan fingerprint density at radius 2 is 1.68 bits per heavy atom. The second-order valence-corrected chi connectivity index (χ2v) is 13.8. The summed E-state index contributed by atoms with van der Waals surface area (Å²) in [7, 11) is -4.07. The lowest BCUT2D eigenvalue weighted by molar-refractivity contribution is -0.133. The monoisotopic (exact) mass is 613 g/mol. The molecule has 2 bridgehead atoms. The van der Waals surface area contributed by atoms with Gasteiger partial charge in [-0.15, -0.1) is 0 Å². The fourth-order valence-corrected chi connectivity index (χ4v) is 8.90. The summed E-state index contributed by atoms with van der Waals surface area (Å²) in [6.07, 6.45) is 4.01. The van der Waals surface area contributed by atoms with Gasteiger partial charge in [-0.3, -0.25) is 9.59 Å². The van der Waals surface area contributed by atoms with E-state index in [2.05, 4.69) is 16.0 Å². The molecule has 13 heteroatoms. The van der Waals surface area contributed by atoms with Gasteiger partial charge < -0.3 is 21.1 Å². The number of anilines is 1. The molecule has 4 N–H and O–H groups in total. The minimum atomic E-state index is -4.07. The van der Waals surface area contributed by atoms with Crippen molar-refractivity contribution in [1.29, 1.82) is 0 Å². The van der Waals surface area contributed by atoms with Crippen LogP contribution in [0.15, 0.2) is 35.2 Å². The Hall–Kier alpha value is -2.67. The van der Waals surface area contributed by atoms with Crippen LogP contribution in [0.25, 0.3) is 0 Å². The van der Waals surface area contributed by atoms with Crippen LogP contribution in [0.1, 0.15) is 55.3 Å². The third-order valence-electron chi connectivity index (χ3n) is 8.72. The fourth-order valence-electron chi connectivity index (χ4n) is 6.49. The lowest BCUT2D eigenvalue weighted by atomic mass is 9.61. The van der Waals surface area contributed by atoms with Gasteiger partial charge >= 0.3 is 0 Å². The van der Waals surface area contributed by atoms with Gasteiger partial charge in [0, 0.05) is 29.9 Å². The zero-order chi connectivity index (χ0) is 29.5. The largest absolute Gasteiger partial charge is 0.387 e. The van der Waals surface area contributed by atoms with Crippen LogP contribution in [0.3, 0.4) is 0 Å². The molecule has 1 aliphatic heterocycles. The molecule has 2 aromatic carbocycles. The molecule has 5 rings (SSSR count). The fraction of sp³-hybridized carbons (Fsp3) is 0.500. The SMILES string of the molecule is O=C(Nc1cc(F)c(F)c(F)c1)c1ccc(Cl)c(S(=O)(=O)C2CC3CCCC(C2)C3(O)CNC(=O)[C@@H]2CCCN2)c1. The molecule has 3 atom stereocenters. The summed E-state index contributed by atoms with van der Waals surface area (Å²) in [6, 6.07) is 4.55. The molecule has 3 aliphatic rings. The Labute approximate surface area is 241 Å². The van der Waals surface area contributed by atoms with Crippen LogP contribution in [0, 0.1) is 29.3 Å². The van der Waals surface area contributed by atoms with Crippen molar-refractivity contribution < 1.29 is 36.3 Å². The Balaban J connectivity index is 1.33. The molecule has 0 spiro atoms. The Morgan fingerprint density at radius 3 is 2.29 bits per heavy atom. The van der Waals surface area contributed by atoms with Crippen molar-refractivity contribution in [2.75, 3.05) is 18.4 Å². The van der Waals surface area contributed by atoms with Gasteiger partial charge in [-0.1, -0.05) is 18.0 Å². The van der Waals surface area contributed by atoms with Crippen LogP contribution < -0.4 is 16.0 Å². The quantitative estimate of drug-likeness (QED) is 0.351. The summed E-state index contributed by atoms with van der Waals surface area (Å²) in [4.78, 5) is 25.1. The summed E-state index contributed by atoms with van der Waals surface area (Å²) >= 11 is 6.29. The van der Waals surface area contributed by atoms with Gasteiger partial charge in [0.2, 0.25) is 5.91 Å². The summed E-state index contributed by atoms with van der Waals surface area (Å²) < 4.78 is 68.1. The molecule has 2 unspecified atom stereocenters. The molecule has 222 valence electrons. The highest BCUT2D eigenvalue weighted by Gasteiger charge is 2.53. The van der Waals surface area contributed by atoms with E-state index in [0.717, 1.165) is 31.9 Å². The van der Waals surface area contributed by atoms with E-state index < -0.39 is 44.0 Å². The summed E-state index contributed by atoms with van der Waals surface area (Å²) in [5.41, 5.74) is -1.71. The summed E-state index contributed by atoms with van der Waals surface area (Å²) in [6.45, 7) is 0.814. The predicted octanol–water partition coefficient (Wildman–Crippen LogP) is 3.96. The van der Waals surface area contributed by atoms with E-state index in [4.69, 9.17) is 11.6 Å². The van der Waals surface area contributed by atoms with Crippen LogP contribution in [0.5, 0.6) is 0 Å². The minimum absolute atomic E-state index is 0.0487. The first-order chi connectivity index (χ1) is 19.4. The molecule has 3 fully saturated rings. The maximum Gasteiger partial charge on any atom is 0.255 e. The minimum Gasteiger partial charge on any atom is -0.387 e. The van der Waals surface area contributed by atoms with Crippen molar-refractivity contribution >= 4 is 38.9 Å². The second-order valence-electron chi connectivity index (χ2n) is 11.2. The van der Waals surface area contributed by atoms with E-state index in [1.54, 1.807) is 0 Å². The topological polar surface area (TPSA) is 125 Å².